The Kier molecular flexibility index (Phi) is 3.88. The van der Waals surface area contributed by atoms with Crippen molar-refractivity contribution in [1.82, 2.24) is 5.32 Å². The summed E-state index contributed by atoms with van der Waals surface area (Å²) in [4.78, 5) is 12.1. The maximum absolute atomic E-state index is 12.1. The molecule has 0 heterocycles. The van der Waals surface area contributed by atoms with E-state index in [1.165, 1.54) is 24.5 Å². The highest BCUT2D eigenvalue weighted by atomic mass is 16.3. The third kappa shape index (κ3) is 3.61. The van der Waals surface area contributed by atoms with E-state index in [1.54, 1.807) is 18.2 Å². The fourth-order valence-electron chi connectivity index (χ4n) is 2.12. The Hall–Kier alpha value is -2.33. The molecular formula is C17H18N2O2. The lowest BCUT2D eigenvalue weighted by Crippen LogP contribution is -2.15. The van der Waals surface area contributed by atoms with Gasteiger partial charge in [0.2, 0.25) is 0 Å². The molecule has 1 saturated carbocycles. The summed E-state index contributed by atoms with van der Waals surface area (Å²) in [5, 5.41) is 15.9. The van der Waals surface area contributed by atoms with Crippen LogP contribution >= 0.6 is 0 Å². The number of para-hydroxylation sites is 1. The zero-order valence-corrected chi connectivity index (χ0v) is 11.7. The van der Waals surface area contributed by atoms with Crippen LogP contribution in [0.2, 0.25) is 0 Å². The second-order valence-electron chi connectivity index (χ2n) is 5.32. The van der Waals surface area contributed by atoms with Crippen LogP contribution in [0, 0.1) is 0 Å². The molecule has 0 bridgehead atoms. The Labute approximate surface area is 123 Å². The Bertz CT molecular complexity index is 633. The number of rotatable bonds is 5. The number of nitrogens with one attached hydrogen (secondary N) is 2. The fourth-order valence-corrected chi connectivity index (χ4v) is 2.12. The number of amides is 1. The first kappa shape index (κ1) is 13.6. The summed E-state index contributed by atoms with van der Waals surface area (Å²) in [5.74, 6) is -0.322. The Morgan fingerprint density at radius 1 is 1.10 bits per heavy atom. The van der Waals surface area contributed by atoms with Crippen molar-refractivity contribution < 1.29 is 9.90 Å². The number of phenolic OH excluding ortho intramolecular Hbond substituents is 1. The number of anilines is 1. The molecular weight excluding hydrogens is 264 g/mol. The van der Waals surface area contributed by atoms with E-state index in [-0.39, 0.29) is 17.2 Å². The van der Waals surface area contributed by atoms with Crippen LogP contribution in [0.5, 0.6) is 5.75 Å². The third-order valence-corrected chi connectivity index (χ3v) is 3.53. The van der Waals surface area contributed by atoms with Crippen LogP contribution in [0.4, 0.5) is 5.69 Å². The molecule has 21 heavy (non-hydrogen) atoms. The van der Waals surface area contributed by atoms with Crippen LogP contribution in [0.25, 0.3) is 0 Å². The van der Waals surface area contributed by atoms with Crippen molar-refractivity contribution in [1.29, 1.82) is 0 Å². The summed E-state index contributed by atoms with van der Waals surface area (Å²) in [6.45, 7) is 0.859. The van der Waals surface area contributed by atoms with E-state index >= 15 is 0 Å². The molecule has 0 radical (unpaired) electrons. The molecule has 4 heteroatoms. The minimum Gasteiger partial charge on any atom is -0.507 e. The minimum absolute atomic E-state index is 0.0137. The fraction of sp³-hybridized carbons (Fsp3) is 0.235. The lowest BCUT2D eigenvalue weighted by Gasteiger charge is -2.08. The van der Waals surface area contributed by atoms with Gasteiger partial charge in [-0.3, -0.25) is 4.79 Å². The normalized spacial score (nSPS) is 13.9. The van der Waals surface area contributed by atoms with Gasteiger partial charge in [-0.1, -0.05) is 24.3 Å². The van der Waals surface area contributed by atoms with Crippen molar-refractivity contribution >= 4 is 11.6 Å². The second kappa shape index (κ2) is 5.97. The maximum Gasteiger partial charge on any atom is 0.259 e. The molecule has 3 rings (SSSR count). The summed E-state index contributed by atoms with van der Waals surface area (Å²) in [7, 11) is 0. The van der Waals surface area contributed by atoms with E-state index in [0.29, 0.717) is 6.04 Å². The molecule has 0 aromatic heterocycles. The second-order valence-corrected chi connectivity index (χ2v) is 5.32. The van der Waals surface area contributed by atoms with Gasteiger partial charge in [-0.15, -0.1) is 0 Å². The molecule has 108 valence electrons. The molecule has 1 amide bonds. The van der Waals surface area contributed by atoms with Gasteiger partial charge in [0.15, 0.2) is 0 Å². The van der Waals surface area contributed by atoms with E-state index in [1.807, 2.05) is 24.3 Å². The van der Waals surface area contributed by atoms with Gasteiger partial charge in [0.1, 0.15) is 5.75 Å². The number of hydrogen-bond acceptors (Lipinski definition) is 3. The predicted octanol–water partition coefficient (Wildman–Crippen LogP) is 2.90. The molecule has 0 saturated heterocycles. The number of carbonyl (C=O) groups is 1. The highest BCUT2D eigenvalue weighted by molar-refractivity contribution is 6.06. The first-order valence-electron chi connectivity index (χ1n) is 7.14. The topological polar surface area (TPSA) is 61.4 Å². The average molecular weight is 282 g/mol. The smallest absolute Gasteiger partial charge is 0.259 e. The molecule has 3 N–H and O–H groups in total. The van der Waals surface area contributed by atoms with E-state index in [4.69, 9.17) is 0 Å². The summed E-state index contributed by atoms with van der Waals surface area (Å²) >= 11 is 0. The summed E-state index contributed by atoms with van der Waals surface area (Å²) in [6.07, 6.45) is 2.55. The first-order valence-corrected chi connectivity index (χ1v) is 7.14. The predicted molar refractivity (Wildman–Crippen MR) is 82.4 cm³/mol. The van der Waals surface area contributed by atoms with Crippen LogP contribution in [0.3, 0.4) is 0 Å². The summed E-state index contributed by atoms with van der Waals surface area (Å²) in [6, 6.07) is 14.9. The van der Waals surface area contributed by atoms with Gasteiger partial charge in [0.05, 0.1) is 5.56 Å². The van der Waals surface area contributed by atoms with Crippen molar-refractivity contribution in [3.8, 4) is 5.75 Å². The quantitative estimate of drug-likeness (QED) is 0.790. The molecule has 2 aromatic carbocycles. The zero-order valence-electron chi connectivity index (χ0n) is 11.7. The molecule has 1 aliphatic carbocycles. The maximum atomic E-state index is 12.1. The minimum atomic E-state index is -0.308. The van der Waals surface area contributed by atoms with Crippen LogP contribution in [0.15, 0.2) is 48.5 Å². The van der Waals surface area contributed by atoms with E-state index < -0.39 is 0 Å². The molecule has 2 aromatic rings. The highest BCUT2D eigenvalue weighted by Gasteiger charge is 2.19. The van der Waals surface area contributed by atoms with Crippen molar-refractivity contribution in [3.63, 3.8) is 0 Å². The average Bonchev–Trinajstić information content (AvgIpc) is 3.31. The molecule has 0 unspecified atom stereocenters. The van der Waals surface area contributed by atoms with E-state index in [2.05, 4.69) is 10.6 Å². The van der Waals surface area contributed by atoms with Gasteiger partial charge in [-0.2, -0.15) is 0 Å². The van der Waals surface area contributed by atoms with E-state index in [9.17, 15) is 9.90 Å². The van der Waals surface area contributed by atoms with Crippen LogP contribution in [-0.2, 0) is 6.54 Å². The lowest BCUT2D eigenvalue weighted by molar-refractivity contribution is 0.102. The highest BCUT2D eigenvalue weighted by Crippen LogP contribution is 2.20. The standard InChI is InChI=1S/C17H18N2O2/c20-16-4-2-1-3-15(16)17(21)19-14-7-5-12(6-8-14)11-18-13-9-10-13/h1-8,13,18,20H,9-11H2,(H,19,21). The number of hydrogen-bond donors (Lipinski definition) is 3. The van der Waals surface area contributed by atoms with Gasteiger partial charge < -0.3 is 15.7 Å². The first-order chi connectivity index (χ1) is 10.2. The van der Waals surface area contributed by atoms with Gasteiger partial charge in [0.25, 0.3) is 5.91 Å². The third-order valence-electron chi connectivity index (χ3n) is 3.53. The van der Waals surface area contributed by atoms with Crippen molar-refractivity contribution in [3.05, 3.63) is 59.7 Å². The number of aromatic hydroxyl groups is 1. The largest absolute Gasteiger partial charge is 0.507 e. The molecule has 4 nitrogen and oxygen atoms in total. The van der Waals surface area contributed by atoms with Gasteiger partial charge in [0, 0.05) is 18.3 Å². The molecule has 1 aliphatic rings. The van der Waals surface area contributed by atoms with Crippen molar-refractivity contribution in [2.24, 2.45) is 0 Å². The molecule has 0 atom stereocenters. The van der Waals surface area contributed by atoms with Gasteiger partial charge >= 0.3 is 0 Å². The van der Waals surface area contributed by atoms with Crippen LogP contribution in [-0.4, -0.2) is 17.1 Å². The summed E-state index contributed by atoms with van der Waals surface area (Å²) < 4.78 is 0. The molecule has 1 fully saturated rings. The molecule has 0 spiro atoms. The Morgan fingerprint density at radius 3 is 2.48 bits per heavy atom. The van der Waals surface area contributed by atoms with Gasteiger partial charge in [-0.25, -0.2) is 0 Å². The lowest BCUT2D eigenvalue weighted by atomic mass is 10.1. The van der Waals surface area contributed by atoms with Crippen LogP contribution < -0.4 is 10.6 Å². The van der Waals surface area contributed by atoms with Crippen molar-refractivity contribution in [2.75, 3.05) is 5.32 Å². The van der Waals surface area contributed by atoms with Gasteiger partial charge in [-0.05, 0) is 42.7 Å². The molecule has 0 aliphatic heterocycles. The van der Waals surface area contributed by atoms with E-state index in [0.717, 1.165) is 12.2 Å². The number of benzene rings is 2. The SMILES string of the molecule is O=C(Nc1ccc(CNC2CC2)cc1)c1ccccc1O. The zero-order chi connectivity index (χ0) is 14.7. The van der Waals surface area contributed by atoms with Crippen molar-refractivity contribution in [2.45, 2.75) is 25.4 Å². The summed E-state index contributed by atoms with van der Waals surface area (Å²) in [5.41, 5.74) is 2.19. The number of phenols is 1. The Morgan fingerprint density at radius 2 is 1.81 bits per heavy atom. The Balaban J connectivity index is 1.61. The number of carbonyl (C=O) groups excluding carboxylic acids is 1. The van der Waals surface area contributed by atoms with Crippen LogP contribution in [0.1, 0.15) is 28.8 Å². The monoisotopic (exact) mass is 282 g/mol.